The molecule has 21 heavy (non-hydrogen) atoms. The van der Waals surface area contributed by atoms with E-state index in [1.165, 1.54) is 10.8 Å². The number of amides is 1. The minimum atomic E-state index is -4.27. The summed E-state index contributed by atoms with van der Waals surface area (Å²) < 4.78 is 59.7. The number of carbonyl (C=O) groups excluding carboxylic acids is 1. The number of sulfonamides is 1. The summed E-state index contributed by atoms with van der Waals surface area (Å²) in [6.07, 6.45) is -4.30. The lowest BCUT2D eigenvalue weighted by atomic mass is 10.3. The van der Waals surface area contributed by atoms with Crippen LogP contribution in [0.15, 0.2) is 17.2 Å². The van der Waals surface area contributed by atoms with Gasteiger partial charge in [-0.15, -0.1) is 0 Å². The van der Waals surface area contributed by atoms with Gasteiger partial charge in [0.25, 0.3) is 5.91 Å². The first-order chi connectivity index (χ1) is 9.54. The molecule has 1 rings (SSSR count). The van der Waals surface area contributed by atoms with E-state index in [4.69, 9.17) is 5.14 Å². The maximum atomic E-state index is 12.0. The van der Waals surface area contributed by atoms with Crippen LogP contribution >= 0.6 is 0 Å². The second kappa shape index (κ2) is 6.48. The molecule has 120 valence electrons. The monoisotopic (exact) mass is 327 g/mol. The Bertz CT molecular complexity index is 608. The van der Waals surface area contributed by atoms with Crippen LogP contribution in [0.5, 0.6) is 0 Å². The predicted molar refractivity (Wildman–Crippen MR) is 69.1 cm³/mol. The Morgan fingerprint density at radius 2 is 2.05 bits per heavy atom. The smallest absolute Gasteiger partial charge is 0.351 e. The fraction of sp³-hybridized carbons (Fsp3) is 0.545. The van der Waals surface area contributed by atoms with E-state index in [1.807, 2.05) is 0 Å². The number of nitrogens with one attached hydrogen (secondary N) is 1. The summed E-state index contributed by atoms with van der Waals surface area (Å²) in [6.45, 7) is 1.85. The standard InChI is InChI=1S/C11H16F3N3O3S/c1-2-17-7-8(21(15,19)20)6-9(17)10(18)16-5-3-4-11(12,13)14/h6-7H,2-5H2,1H3,(H,16,18)(H2,15,19,20). The predicted octanol–water partition coefficient (Wildman–Crippen LogP) is 1.23. The number of primary sulfonamides is 1. The van der Waals surface area contributed by atoms with Crippen LogP contribution in [-0.2, 0) is 16.6 Å². The average Bonchev–Trinajstić information content (AvgIpc) is 2.77. The van der Waals surface area contributed by atoms with E-state index in [2.05, 4.69) is 5.32 Å². The third-order valence-corrected chi connectivity index (χ3v) is 3.58. The third-order valence-electron chi connectivity index (χ3n) is 2.70. The van der Waals surface area contributed by atoms with Crippen LogP contribution in [0, 0.1) is 0 Å². The van der Waals surface area contributed by atoms with E-state index in [-0.39, 0.29) is 23.6 Å². The largest absolute Gasteiger partial charge is 0.389 e. The summed E-state index contributed by atoms with van der Waals surface area (Å²) in [5.41, 5.74) is 0.0357. The first-order valence-electron chi connectivity index (χ1n) is 6.12. The molecule has 0 atom stereocenters. The topological polar surface area (TPSA) is 94.2 Å². The second-order valence-corrected chi connectivity index (χ2v) is 5.93. The van der Waals surface area contributed by atoms with E-state index in [1.54, 1.807) is 6.92 Å². The Morgan fingerprint density at radius 3 is 2.52 bits per heavy atom. The third kappa shape index (κ3) is 5.38. The van der Waals surface area contributed by atoms with Crippen molar-refractivity contribution in [2.45, 2.75) is 37.4 Å². The molecular formula is C11H16F3N3O3S. The van der Waals surface area contributed by atoms with Crippen molar-refractivity contribution in [3.8, 4) is 0 Å². The quantitative estimate of drug-likeness (QED) is 0.769. The van der Waals surface area contributed by atoms with Crippen LogP contribution in [0.3, 0.4) is 0 Å². The van der Waals surface area contributed by atoms with Gasteiger partial charge in [0, 0.05) is 25.7 Å². The molecule has 1 heterocycles. The lowest BCUT2D eigenvalue weighted by Crippen LogP contribution is -2.27. The van der Waals surface area contributed by atoms with Gasteiger partial charge in [-0.1, -0.05) is 0 Å². The van der Waals surface area contributed by atoms with Crippen molar-refractivity contribution in [1.29, 1.82) is 0 Å². The Balaban J connectivity index is 2.72. The van der Waals surface area contributed by atoms with Crippen molar-refractivity contribution in [3.63, 3.8) is 0 Å². The number of carbonyl (C=O) groups is 1. The van der Waals surface area contributed by atoms with Gasteiger partial charge >= 0.3 is 6.18 Å². The highest BCUT2D eigenvalue weighted by molar-refractivity contribution is 7.89. The van der Waals surface area contributed by atoms with Crippen molar-refractivity contribution >= 4 is 15.9 Å². The van der Waals surface area contributed by atoms with E-state index in [0.717, 1.165) is 6.07 Å². The molecule has 0 radical (unpaired) electrons. The van der Waals surface area contributed by atoms with Gasteiger partial charge in [0.15, 0.2) is 0 Å². The van der Waals surface area contributed by atoms with Crippen LogP contribution in [0.2, 0.25) is 0 Å². The minimum Gasteiger partial charge on any atom is -0.351 e. The first kappa shape index (κ1) is 17.5. The van der Waals surface area contributed by atoms with Gasteiger partial charge in [0.05, 0.1) is 0 Å². The Labute approximate surface area is 120 Å². The van der Waals surface area contributed by atoms with Gasteiger partial charge in [-0.2, -0.15) is 13.2 Å². The molecule has 6 nitrogen and oxygen atoms in total. The maximum absolute atomic E-state index is 12.0. The molecule has 0 bridgehead atoms. The zero-order valence-electron chi connectivity index (χ0n) is 11.3. The lowest BCUT2D eigenvalue weighted by molar-refractivity contribution is -0.135. The van der Waals surface area contributed by atoms with Crippen molar-refractivity contribution in [3.05, 3.63) is 18.0 Å². The molecule has 0 saturated carbocycles. The summed E-state index contributed by atoms with van der Waals surface area (Å²) in [4.78, 5) is 11.6. The zero-order chi connectivity index (χ0) is 16.3. The molecule has 0 aliphatic heterocycles. The van der Waals surface area contributed by atoms with Crippen LogP contribution < -0.4 is 10.5 Å². The molecule has 0 aliphatic rings. The summed E-state index contributed by atoms with van der Waals surface area (Å²) in [6, 6.07) is 1.10. The fourth-order valence-corrected chi connectivity index (χ4v) is 2.22. The molecular weight excluding hydrogens is 311 g/mol. The number of halogens is 3. The lowest BCUT2D eigenvalue weighted by Gasteiger charge is -2.08. The SMILES string of the molecule is CCn1cc(S(N)(=O)=O)cc1C(=O)NCCCC(F)(F)F. The molecule has 10 heteroatoms. The molecule has 0 fully saturated rings. The number of aryl methyl sites for hydroxylation is 1. The Hall–Kier alpha value is -1.55. The number of nitrogens with two attached hydrogens (primary N) is 1. The number of alkyl halides is 3. The van der Waals surface area contributed by atoms with Gasteiger partial charge in [-0.25, -0.2) is 13.6 Å². The molecule has 0 unspecified atom stereocenters. The average molecular weight is 327 g/mol. The van der Waals surface area contributed by atoms with Crippen LogP contribution in [0.4, 0.5) is 13.2 Å². The number of rotatable bonds is 6. The summed E-state index contributed by atoms with van der Waals surface area (Å²) >= 11 is 0. The summed E-state index contributed by atoms with van der Waals surface area (Å²) in [5.74, 6) is -0.645. The van der Waals surface area contributed by atoms with Gasteiger partial charge in [-0.3, -0.25) is 4.79 Å². The van der Waals surface area contributed by atoms with Gasteiger partial charge in [-0.05, 0) is 19.4 Å². The number of aromatic nitrogens is 1. The van der Waals surface area contributed by atoms with Crippen LogP contribution in [0.1, 0.15) is 30.3 Å². The van der Waals surface area contributed by atoms with Crippen molar-refractivity contribution in [2.75, 3.05) is 6.54 Å². The molecule has 0 aliphatic carbocycles. The molecule has 0 spiro atoms. The highest BCUT2D eigenvalue weighted by Crippen LogP contribution is 2.20. The minimum absolute atomic E-state index is 0.0357. The van der Waals surface area contributed by atoms with E-state index in [0.29, 0.717) is 6.54 Å². The van der Waals surface area contributed by atoms with Crippen molar-refractivity contribution < 1.29 is 26.4 Å². The summed E-state index contributed by atoms with van der Waals surface area (Å²) in [5, 5.41) is 7.28. The van der Waals surface area contributed by atoms with Gasteiger partial charge < -0.3 is 9.88 Å². The molecule has 0 saturated heterocycles. The molecule has 3 N–H and O–H groups in total. The number of hydrogen-bond acceptors (Lipinski definition) is 3. The molecule has 1 aromatic rings. The van der Waals surface area contributed by atoms with Crippen molar-refractivity contribution in [1.82, 2.24) is 9.88 Å². The van der Waals surface area contributed by atoms with E-state index in [9.17, 15) is 26.4 Å². The molecule has 1 aromatic heterocycles. The first-order valence-corrected chi connectivity index (χ1v) is 7.67. The molecule has 0 aromatic carbocycles. The Morgan fingerprint density at radius 1 is 1.43 bits per heavy atom. The summed E-state index contributed by atoms with van der Waals surface area (Å²) in [7, 11) is -3.94. The normalized spacial score (nSPS) is 12.4. The number of hydrogen-bond donors (Lipinski definition) is 2. The fourth-order valence-electron chi connectivity index (χ4n) is 1.67. The Kier molecular flexibility index (Phi) is 5.40. The highest BCUT2D eigenvalue weighted by Gasteiger charge is 2.26. The van der Waals surface area contributed by atoms with E-state index < -0.39 is 28.5 Å². The van der Waals surface area contributed by atoms with Gasteiger partial charge in [0.1, 0.15) is 10.6 Å². The zero-order valence-corrected chi connectivity index (χ0v) is 12.1. The van der Waals surface area contributed by atoms with Crippen LogP contribution in [0.25, 0.3) is 0 Å². The second-order valence-electron chi connectivity index (χ2n) is 4.37. The molecule has 1 amide bonds. The van der Waals surface area contributed by atoms with E-state index >= 15 is 0 Å². The maximum Gasteiger partial charge on any atom is 0.389 e. The van der Waals surface area contributed by atoms with Gasteiger partial charge in [0.2, 0.25) is 10.0 Å². The highest BCUT2D eigenvalue weighted by atomic mass is 32.2. The number of nitrogens with zero attached hydrogens (tertiary/aromatic N) is 1. The van der Waals surface area contributed by atoms with Crippen LogP contribution in [-0.4, -0.2) is 31.6 Å². The van der Waals surface area contributed by atoms with Crippen molar-refractivity contribution in [2.24, 2.45) is 5.14 Å².